The van der Waals surface area contributed by atoms with E-state index in [0.717, 1.165) is 5.56 Å². The molecule has 0 amide bonds. The molecular formula is C14H20F3N3O3S. The van der Waals surface area contributed by atoms with Gasteiger partial charge in [0.2, 0.25) is 0 Å². The molecule has 0 radical (unpaired) electrons. The van der Waals surface area contributed by atoms with Crippen molar-refractivity contribution in [2.45, 2.75) is 19.6 Å². The lowest BCUT2D eigenvalue weighted by Crippen LogP contribution is -2.50. The lowest BCUT2D eigenvalue weighted by molar-refractivity contribution is -0.153. The maximum absolute atomic E-state index is 12.3. The highest BCUT2D eigenvalue weighted by Gasteiger charge is 2.29. The molecule has 2 N–H and O–H groups in total. The molecule has 1 heterocycles. The number of aryl methyl sites for hydroxylation is 1. The molecule has 10 heteroatoms. The molecule has 6 nitrogen and oxygen atoms in total. The smallest absolute Gasteiger partial charge is 0.422 e. The van der Waals surface area contributed by atoms with Crippen molar-refractivity contribution in [3.05, 3.63) is 29.3 Å². The molecule has 1 aliphatic heterocycles. The Morgan fingerprint density at radius 1 is 1.29 bits per heavy atom. The highest BCUT2D eigenvalue weighted by atomic mass is 32.2. The largest absolute Gasteiger partial charge is 0.484 e. The number of benzene rings is 1. The summed E-state index contributed by atoms with van der Waals surface area (Å²) in [4.78, 5) is 0. The summed E-state index contributed by atoms with van der Waals surface area (Å²) in [6.45, 7) is 1.97. The zero-order valence-corrected chi connectivity index (χ0v) is 14.0. The zero-order chi connectivity index (χ0) is 17.8. The van der Waals surface area contributed by atoms with Gasteiger partial charge >= 0.3 is 6.18 Å². The van der Waals surface area contributed by atoms with Gasteiger partial charge in [-0.25, -0.2) is 0 Å². The van der Waals surface area contributed by atoms with Gasteiger partial charge in [0.15, 0.2) is 6.61 Å². The molecule has 2 rings (SSSR count). The molecule has 136 valence electrons. The minimum Gasteiger partial charge on any atom is -0.484 e. The fourth-order valence-electron chi connectivity index (χ4n) is 2.25. The lowest BCUT2D eigenvalue weighted by Gasteiger charge is -2.26. The molecular weight excluding hydrogens is 347 g/mol. The van der Waals surface area contributed by atoms with E-state index in [4.69, 9.17) is 4.74 Å². The van der Waals surface area contributed by atoms with Crippen LogP contribution in [0.25, 0.3) is 0 Å². The number of alkyl halides is 3. The van der Waals surface area contributed by atoms with Gasteiger partial charge in [-0.2, -0.15) is 30.6 Å². The van der Waals surface area contributed by atoms with E-state index in [-0.39, 0.29) is 12.3 Å². The summed E-state index contributed by atoms with van der Waals surface area (Å²) in [6, 6.07) is 4.70. The summed E-state index contributed by atoms with van der Waals surface area (Å²) < 4.78 is 70.0. The third-order valence-corrected chi connectivity index (χ3v) is 5.03. The number of nitrogens with one attached hydrogen (secondary N) is 2. The summed E-state index contributed by atoms with van der Waals surface area (Å²) in [7, 11) is -3.69. The van der Waals surface area contributed by atoms with E-state index in [0.29, 0.717) is 31.7 Å². The number of hydrogen-bond donors (Lipinski definition) is 2. The first-order valence-corrected chi connectivity index (χ1v) is 8.86. The van der Waals surface area contributed by atoms with Gasteiger partial charge < -0.3 is 10.1 Å². The van der Waals surface area contributed by atoms with Crippen molar-refractivity contribution < 1.29 is 26.3 Å². The van der Waals surface area contributed by atoms with Gasteiger partial charge in [-0.3, -0.25) is 0 Å². The molecule has 0 atom stereocenters. The van der Waals surface area contributed by atoms with E-state index in [1.807, 2.05) is 0 Å². The summed E-state index contributed by atoms with van der Waals surface area (Å²) >= 11 is 0. The summed E-state index contributed by atoms with van der Waals surface area (Å²) in [6.07, 6.45) is -4.46. The van der Waals surface area contributed by atoms with E-state index in [9.17, 15) is 21.6 Å². The van der Waals surface area contributed by atoms with Crippen LogP contribution in [0, 0.1) is 6.92 Å². The average Bonchev–Trinajstić information content (AvgIpc) is 2.52. The van der Waals surface area contributed by atoms with Crippen LogP contribution in [-0.2, 0) is 16.8 Å². The van der Waals surface area contributed by atoms with Crippen molar-refractivity contribution in [2.75, 3.05) is 32.8 Å². The maximum Gasteiger partial charge on any atom is 0.422 e. The van der Waals surface area contributed by atoms with Crippen LogP contribution < -0.4 is 14.8 Å². The van der Waals surface area contributed by atoms with E-state index in [1.54, 1.807) is 19.1 Å². The minimum atomic E-state index is -4.46. The maximum atomic E-state index is 12.3. The Morgan fingerprint density at radius 3 is 2.58 bits per heavy atom. The first-order valence-electron chi connectivity index (χ1n) is 7.42. The van der Waals surface area contributed by atoms with Gasteiger partial charge in [-0.15, -0.1) is 0 Å². The Kier molecular flexibility index (Phi) is 6.07. The molecule has 0 bridgehead atoms. The third kappa shape index (κ3) is 5.62. The Morgan fingerprint density at radius 2 is 1.96 bits per heavy atom. The van der Waals surface area contributed by atoms with Crippen molar-refractivity contribution in [1.82, 2.24) is 14.3 Å². The Labute approximate surface area is 139 Å². The lowest BCUT2D eigenvalue weighted by atomic mass is 10.1. The number of halogens is 3. The van der Waals surface area contributed by atoms with Crippen molar-refractivity contribution in [1.29, 1.82) is 0 Å². The predicted octanol–water partition coefficient (Wildman–Crippen LogP) is 1.18. The second-order valence-corrected chi connectivity index (χ2v) is 7.25. The van der Waals surface area contributed by atoms with Crippen molar-refractivity contribution >= 4 is 10.2 Å². The molecule has 0 spiro atoms. The standard InChI is InChI=1S/C14H20F3N3O3S/c1-11-2-3-12(13(8-11)23-10-14(15,16)17)9-19-24(21,22)20-6-4-18-5-7-20/h2-3,8,18-19H,4-7,9-10H2,1H3. The van der Waals surface area contributed by atoms with Gasteiger partial charge in [-0.05, 0) is 18.6 Å². The van der Waals surface area contributed by atoms with Crippen LogP contribution in [0.3, 0.4) is 0 Å². The third-order valence-electron chi connectivity index (χ3n) is 3.47. The fraction of sp³-hybridized carbons (Fsp3) is 0.571. The van der Waals surface area contributed by atoms with Crippen LogP contribution in [0.5, 0.6) is 5.75 Å². The van der Waals surface area contributed by atoms with Crippen LogP contribution >= 0.6 is 0 Å². The monoisotopic (exact) mass is 367 g/mol. The molecule has 1 aromatic rings. The van der Waals surface area contributed by atoms with E-state index in [2.05, 4.69) is 10.0 Å². The van der Waals surface area contributed by atoms with Gasteiger partial charge in [0.1, 0.15) is 5.75 Å². The molecule has 1 saturated heterocycles. The van der Waals surface area contributed by atoms with Crippen molar-refractivity contribution in [2.24, 2.45) is 0 Å². The SMILES string of the molecule is Cc1ccc(CNS(=O)(=O)N2CCNCC2)c(OCC(F)(F)F)c1. The number of ether oxygens (including phenoxy) is 1. The highest BCUT2D eigenvalue weighted by Crippen LogP contribution is 2.24. The predicted molar refractivity (Wildman–Crippen MR) is 82.9 cm³/mol. The molecule has 1 aliphatic rings. The average molecular weight is 367 g/mol. The highest BCUT2D eigenvalue weighted by molar-refractivity contribution is 7.87. The van der Waals surface area contributed by atoms with Gasteiger partial charge in [0.25, 0.3) is 10.2 Å². The first-order chi connectivity index (χ1) is 11.2. The molecule has 0 unspecified atom stereocenters. The van der Waals surface area contributed by atoms with Crippen LogP contribution in [0.4, 0.5) is 13.2 Å². The van der Waals surface area contributed by atoms with E-state index in [1.165, 1.54) is 10.4 Å². The number of piperazine rings is 1. The van der Waals surface area contributed by atoms with Crippen molar-refractivity contribution in [3.8, 4) is 5.75 Å². The normalized spacial score (nSPS) is 17.0. The Balaban J connectivity index is 2.05. The quantitative estimate of drug-likeness (QED) is 0.792. The Bertz CT molecular complexity index is 659. The first kappa shape index (κ1) is 19.0. The fourth-order valence-corrected chi connectivity index (χ4v) is 3.43. The summed E-state index contributed by atoms with van der Waals surface area (Å²) in [5, 5.41) is 3.05. The minimum absolute atomic E-state index is 0.0235. The van der Waals surface area contributed by atoms with Gasteiger partial charge in [-0.1, -0.05) is 12.1 Å². The second kappa shape index (κ2) is 7.68. The second-order valence-electron chi connectivity index (χ2n) is 5.49. The Hall–Kier alpha value is -1.36. The van der Waals surface area contributed by atoms with Gasteiger partial charge in [0.05, 0.1) is 0 Å². The van der Waals surface area contributed by atoms with Crippen molar-refractivity contribution in [3.63, 3.8) is 0 Å². The molecule has 0 saturated carbocycles. The molecule has 24 heavy (non-hydrogen) atoms. The molecule has 0 aromatic heterocycles. The van der Waals surface area contributed by atoms with Crippen LogP contribution in [0.2, 0.25) is 0 Å². The zero-order valence-electron chi connectivity index (χ0n) is 13.2. The topological polar surface area (TPSA) is 70.7 Å². The summed E-state index contributed by atoms with van der Waals surface area (Å²) in [5.41, 5.74) is 1.07. The van der Waals surface area contributed by atoms with Crippen LogP contribution in [0.15, 0.2) is 18.2 Å². The van der Waals surface area contributed by atoms with E-state index < -0.39 is 23.0 Å². The molecule has 1 fully saturated rings. The number of hydrogen-bond acceptors (Lipinski definition) is 4. The molecule has 1 aromatic carbocycles. The summed E-state index contributed by atoms with van der Waals surface area (Å²) in [5.74, 6) is 0.0235. The van der Waals surface area contributed by atoms with Crippen LogP contribution in [-0.4, -0.2) is 51.7 Å². The molecule has 0 aliphatic carbocycles. The van der Waals surface area contributed by atoms with E-state index >= 15 is 0 Å². The number of rotatable bonds is 6. The van der Waals surface area contributed by atoms with Crippen LogP contribution in [0.1, 0.15) is 11.1 Å². The van der Waals surface area contributed by atoms with Gasteiger partial charge in [0, 0.05) is 38.3 Å². The number of nitrogens with zero attached hydrogens (tertiary/aromatic N) is 1.